The maximum atomic E-state index is 11.6. The molecule has 0 aliphatic heterocycles. The van der Waals surface area contributed by atoms with Gasteiger partial charge in [-0.3, -0.25) is 4.79 Å². The van der Waals surface area contributed by atoms with E-state index in [4.69, 9.17) is 15.6 Å². The highest BCUT2D eigenvalue weighted by atomic mass is 16.6. The second-order valence-electron chi connectivity index (χ2n) is 5.11. The summed E-state index contributed by atoms with van der Waals surface area (Å²) in [6.07, 6.45) is -5.20. The second kappa shape index (κ2) is 8.44. The van der Waals surface area contributed by atoms with Gasteiger partial charge in [0.15, 0.2) is 0 Å². The zero-order valence-corrected chi connectivity index (χ0v) is 11.6. The lowest BCUT2D eigenvalue weighted by atomic mass is 10.0. The van der Waals surface area contributed by atoms with Crippen LogP contribution in [-0.4, -0.2) is 63.5 Å². The van der Waals surface area contributed by atoms with Gasteiger partial charge in [-0.05, 0) is 19.3 Å². The molecule has 0 heterocycles. The van der Waals surface area contributed by atoms with E-state index >= 15 is 0 Å². The lowest BCUT2D eigenvalue weighted by molar-refractivity contribution is -0.165. The van der Waals surface area contributed by atoms with Gasteiger partial charge >= 0.3 is 5.97 Å². The van der Waals surface area contributed by atoms with E-state index in [1.807, 2.05) is 13.8 Å². The lowest BCUT2D eigenvalue weighted by Gasteiger charge is -2.27. The number of carbonyl (C=O) groups is 1. The maximum Gasteiger partial charge on any atom is 0.323 e. The van der Waals surface area contributed by atoms with Crippen molar-refractivity contribution in [3.05, 3.63) is 0 Å². The molecule has 0 aliphatic rings. The first-order valence-electron chi connectivity index (χ1n) is 6.31. The van der Waals surface area contributed by atoms with Gasteiger partial charge < -0.3 is 30.9 Å². The number of esters is 1. The van der Waals surface area contributed by atoms with E-state index < -0.39 is 43.0 Å². The molecule has 7 heteroatoms. The van der Waals surface area contributed by atoms with Crippen molar-refractivity contribution in [2.45, 2.75) is 57.6 Å². The monoisotopic (exact) mass is 279 g/mol. The number of rotatable bonds is 8. The van der Waals surface area contributed by atoms with Gasteiger partial charge in [-0.25, -0.2) is 0 Å². The van der Waals surface area contributed by atoms with Crippen molar-refractivity contribution in [3.63, 3.8) is 0 Å². The topological polar surface area (TPSA) is 133 Å². The van der Waals surface area contributed by atoms with Crippen molar-refractivity contribution in [1.82, 2.24) is 0 Å². The molecule has 0 rings (SSSR count). The minimum atomic E-state index is -1.60. The summed E-state index contributed by atoms with van der Waals surface area (Å²) in [7, 11) is 0. The van der Waals surface area contributed by atoms with Gasteiger partial charge in [-0.1, -0.05) is 13.8 Å². The first-order valence-corrected chi connectivity index (χ1v) is 6.31. The van der Waals surface area contributed by atoms with Crippen molar-refractivity contribution < 1.29 is 30.0 Å². The third-order valence-corrected chi connectivity index (χ3v) is 2.74. The Kier molecular flexibility index (Phi) is 8.12. The summed E-state index contributed by atoms with van der Waals surface area (Å²) in [5.41, 5.74) is 5.62. The van der Waals surface area contributed by atoms with Gasteiger partial charge in [-0.2, -0.15) is 0 Å². The number of carbonyl (C=O) groups excluding carboxylic acids is 1. The average Bonchev–Trinajstić information content (AvgIpc) is 2.34. The quantitative estimate of drug-likeness (QED) is 0.337. The Balaban J connectivity index is 4.35. The smallest absolute Gasteiger partial charge is 0.323 e. The molecule has 0 aliphatic carbocycles. The Morgan fingerprint density at radius 3 is 2.11 bits per heavy atom. The maximum absolute atomic E-state index is 11.6. The zero-order valence-electron chi connectivity index (χ0n) is 11.6. The molecule has 19 heavy (non-hydrogen) atoms. The molecular weight excluding hydrogens is 254 g/mol. The highest BCUT2D eigenvalue weighted by Gasteiger charge is 2.31. The molecule has 6 N–H and O–H groups in total. The Labute approximate surface area is 113 Å². The summed E-state index contributed by atoms with van der Waals surface area (Å²) in [4.78, 5) is 11.6. The first kappa shape index (κ1) is 18.3. The summed E-state index contributed by atoms with van der Waals surface area (Å²) in [5, 5.41) is 37.0. The number of aliphatic hydroxyl groups is 4. The van der Waals surface area contributed by atoms with E-state index in [-0.39, 0.29) is 5.92 Å². The molecular formula is C12H25NO6. The third-order valence-electron chi connectivity index (χ3n) is 2.74. The van der Waals surface area contributed by atoms with Crippen LogP contribution in [0.5, 0.6) is 0 Å². The zero-order chi connectivity index (χ0) is 15.2. The van der Waals surface area contributed by atoms with Crippen molar-refractivity contribution in [2.24, 2.45) is 11.7 Å². The molecule has 0 fully saturated rings. The molecule has 114 valence electrons. The van der Waals surface area contributed by atoms with Crippen LogP contribution in [0.4, 0.5) is 0 Å². The highest BCUT2D eigenvalue weighted by molar-refractivity contribution is 5.75. The molecule has 0 saturated carbocycles. The number of aliphatic hydroxyl groups excluding tert-OH is 4. The fourth-order valence-electron chi connectivity index (χ4n) is 1.56. The van der Waals surface area contributed by atoms with Crippen LogP contribution in [0.3, 0.4) is 0 Å². The van der Waals surface area contributed by atoms with Crippen LogP contribution < -0.4 is 5.73 Å². The fourth-order valence-corrected chi connectivity index (χ4v) is 1.56. The molecule has 0 aromatic rings. The predicted octanol–water partition coefficient (Wildman–Crippen LogP) is -1.63. The van der Waals surface area contributed by atoms with Crippen molar-refractivity contribution >= 4 is 5.97 Å². The number of nitrogens with two attached hydrogens (primary N) is 1. The molecule has 0 unspecified atom stereocenters. The van der Waals surface area contributed by atoms with Gasteiger partial charge in [0.05, 0.1) is 6.61 Å². The summed E-state index contributed by atoms with van der Waals surface area (Å²) < 4.78 is 4.92. The van der Waals surface area contributed by atoms with Crippen LogP contribution in [0, 0.1) is 5.92 Å². The number of hydrogen-bond acceptors (Lipinski definition) is 7. The molecule has 0 amide bonds. The van der Waals surface area contributed by atoms with Crippen LogP contribution in [-0.2, 0) is 9.53 Å². The predicted molar refractivity (Wildman–Crippen MR) is 68.1 cm³/mol. The van der Waals surface area contributed by atoms with E-state index in [0.29, 0.717) is 6.42 Å². The lowest BCUT2D eigenvalue weighted by Crippen LogP contribution is -2.47. The average molecular weight is 279 g/mol. The molecule has 0 bridgehead atoms. The van der Waals surface area contributed by atoms with Gasteiger partial charge in [0.1, 0.15) is 30.5 Å². The van der Waals surface area contributed by atoms with E-state index in [1.165, 1.54) is 6.92 Å². The Morgan fingerprint density at radius 2 is 1.68 bits per heavy atom. The Morgan fingerprint density at radius 1 is 1.16 bits per heavy atom. The van der Waals surface area contributed by atoms with Crippen molar-refractivity contribution in [3.8, 4) is 0 Å². The van der Waals surface area contributed by atoms with Crippen LogP contribution in [0.1, 0.15) is 27.2 Å². The van der Waals surface area contributed by atoms with Gasteiger partial charge in [-0.15, -0.1) is 0 Å². The highest BCUT2D eigenvalue weighted by Crippen LogP contribution is 2.10. The van der Waals surface area contributed by atoms with Crippen molar-refractivity contribution in [1.29, 1.82) is 0 Å². The van der Waals surface area contributed by atoms with Crippen LogP contribution >= 0.6 is 0 Å². The minimum absolute atomic E-state index is 0.226. The summed E-state index contributed by atoms with van der Waals surface area (Å²) >= 11 is 0. The molecule has 0 saturated heterocycles. The summed E-state index contributed by atoms with van der Waals surface area (Å²) in [6.45, 7) is 4.49. The van der Waals surface area contributed by atoms with Crippen LogP contribution in [0.15, 0.2) is 0 Å². The summed E-state index contributed by atoms with van der Waals surface area (Å²) in [6, 6.07) is -0.797. The molecule has 0 aromatic heterocycles. The fraction of sp³-hybridized carbons (Fsp3) is 0.917. The minimum Gasteiger partial charge on any atom is -0.459 e. The molecule has 0 spiro atoms. The molecule has 5 atom stereocenters. The first-order chi connectivity index (χ1) is 8.70. The van der Waals surface area contributed by atoms with E-state index in [0.717, 1.165) is 0 Å². The van der Waals surface area contributed by atoms with Crippen molar-refractivity contribution in [2.75, 3.05) is 6.61 Å². The van der Waals surface area contributed by atoms with Gasteiger partial charge in [0.25, 0.3) is 0 Å². The molecule has 7 nitrogen and oxygen atoms in total. The molecule has 0 radical (unpaired) electrons. The number of ether oxygens (including phenoxy) is 1. The van der Waals surface area contributed by atoms with Gasteiger partial charge in [0, 0.05) is 0 Å². The van der Waals surface area contributed by atoms with Crippen LogP contribution in [0.25, 0.3) is 0 Å². The Hall–Kier alpha value is -0.730. The van der Waals surface area contributed by atoms with Gasteiger partial charge in [0.2, 0.25) is 0 Å². The Bertz CT molecular complexity index is 273. The van der Waals surface area contributed by atoms with E-state index in [2.05, 4.69) is 0 Å². The van der Waals surface area contributed by atoms with E-state index in [1.54, 1.807) is 0 Å². The SMILES string of the molecule is CC(C)C[C@H](N)C(=O)O[C@@H](C)[C@H](O)[C@@H](O)[C@H](O)CO. The van der Waals surface area contributed by atoms with Crippen LogP contribution in [0.2, 0.25) is 0 Å². The van der Waals surface area contributed by atoms with E-state index in [9.17, 15) is 20.1 Å². The standard InChI is InChI=1S/C12H25NO6/c1-6(2)4-8(13)12(18)19-7(3)10(16)11(17)9(15)5-14/h6-11,14-17H,4-5,13H2,1-3H3/t7-,8-,9+,10-,11-/m0/s1. The number of hydrogen-bond donors (Lipinski definition) is 5. The molecule has 0 aromatic carbocycles. The summed E-state index contributed by atoms with van der Waals surface area (Å²) in [5.74, 6) is -0.449. The largest absolute Gasteiger partial charge is 0.459 e. The normalized spacial score (nSPS) is 19.6. The second-order valence-corrected chi connectivity index (χ2v) is 5.11. The third kappa shape index (κ3) is 6.31.